The van der Waals surface area contributed by atoms with E-state index in [1.54, 1.807) is 6.07 Å². The summed E-state index contributed by atoms with van der Waals surface area (Å²) < 4.78 is 0. The average Bonchev–Trinajstić information content (AvgIpc) is 2.41. The third-order valence-corrected chi connectivity index (χ3v) is 2.77. The van der Waals surface area contributed by atoms with E-state index in [4.69, 9.17) is 5.11 Å². The van der Waals surface area contributed by atoms with Crippen molar-refractivity contribution < 1.29 is 14.7 Å². The SMILES string of the molecule is Cc1ccc(CC(=O)Nc2cccnc2C(=O)O)cc1. The van der Waals surface area contributed by atoms with Crippen LogP contribution >= 0.6 is 0 Å². The third kappa shape index (κ3) is 3.41. The molecule has 0 radical (unpaired) electrons. The van der Waals surface area contributed by atoms with Gasteiger partial charge in [-0.15, -0.1) is 0 Å². The Bertz CT molecular complexity index is 636. The molecule has 2 rings (SSSR count). The van der Waals surface area contributed by atoms with Crippen molar-refractivity contribution in [3.05, 3.63) is 59.4 Å². The van der Waals surface area contributed by atoms with Gasteiger partial charge in [-0.25, -0.2) is 9.78 Å². The highest BCUT2D eigenvalue weighted by Gasteiger charge is 2.13. The number of pyridine rings is 1. The maximum Gasteiger partial charge on any atom is 0.356 e. The van der Waals surface area contributed by atoms with Gasteiger partial charge in [-0.3, -0.25) is 4.79 Å². The molecule has 0 aliphatic carbocycles. The summed E-state index contributed by atoms with van der Waals surface area (Å²) in [6, 6.07) is 10.7. The van der Waals surface area contributed by atoms with Crippen molar-refractivity contribution in [2.24, 2.45) is 0 Å². The molecule has 0 aliphatic heterocycles. The van der Waals surface area contributed by atoms with Crippen molar-refractivity contribution in [2.45, 2.75) is 13.3 Å². The van der Waals surface area contributed by atoms with Gasteiger partial charge in [0.1, 0.15) is 0 Å². The van der Waals surface area contributed by atoms with Crippen LogP contribution in [0.2, 0.25) is 0 Å². The topological polar surface area (TPSA) is 79.3 Å². The lowest BCUT2D eigenvalue weighted by atomic mass is 10.1. The second-order valence-corrected chi connectivity index (χ2v) is 4.42. The molecule has 0 spiro atoms. The number of carbonyl (C=O) groups excluding carboxylic acids is 1. The van der Waals surface area contributed by atoms with Crippen LogP contribution in [-0.4, -0.2) is 22.0 Å². The highest BCUT2D eigenvalue weighted by molar-refractivity contribution is 5.99. The maximum absolute atomic E-state index is 11.9. The molecule has 0 aliphatic rings. The molecule has 1 aromatic carbocycles. The minimum absolute atomic E-state index is 0.162. The zero-order chi connectivity index (χ0) is 14.5. The second kappa shape index (κ2) is 5.97. The van der Waals surface area contributed by atoms with Gasteiger partial charge in [0.15, 0.2) is 5.69 Å². The number of amides is 1. The predicted octanol–water partition coefficient (Wildman–Crippen LogP) is 2.27. The number of carboxylic acids is 1. The molecule has 1 aromatic heterocycles. The van der Waals surface area contributed by atoms with E-state index in [2.05, 4.69) is 10.3 Å². The molecule has 20 heavy (non-hydrogen) atoms. The lowest BCUT2D eigenvalue weighted by molar-refractivity contribution is -0.115. The van der Waals surface area contributed by atoms with Crippen LogP contribution in [0.5, 0.6) is 0 Å². The van der Waals surface area contributed by atoms with E-state index in [0.717, 1.165) is 11.1 Å². The molecule has 1 amide bonds. The first-order chi connectivity index (χ1) is 9.56. The first-order valence-corrected chi connectivity index (χ1v) is 6.10. The number of nitrogens with one attached hydrogen (secondary N) is 1. The van der Waals surface area contributed by atoms with Crippen LogP contribution < -0.4 is 5.32 Å². The quantitative estimate of drug-likeness (QED) is 0.893. The number of carboxylic acid groups (broad SMARTS) is 1. The molecule has 0 saturated heterocycles. The molecule has 0 unspecified atom stereocenters. The van der Waals surface area contributed by atoms with Crippen LogP contribution in [0.15, 0.2) is 42.6 Å². The molecular weight excluding hydrogens is 256 g/mol. The van der Waals surface area contributed by atoms with Crippen molar-refractivity contribution >= 4 is 17.6 Å². The van der Waals surface area contributed by atoms with Gasteiger partial charge >= 0.3 is 5.97 Å². The zero-order valence-electron chi connectivity index (χ0n) is 11.0. The highest BCUT2D eigenvalue weighted by Crippen LogP contribution is 2.13. The van der Waals surface area contributed by atoms with E-state index in [1.807, 2.05) is 31.2 Å². The van der Waals surface area contributed by atoms with Gasteiger partial charge in [0, 0.05) is 6.20 Å². The maximum atomic E-state index is 11.9. The Labute approximate surface area is 116 Å². The number of aryl methyl sites for hydroxylation is 1. The molecule has 0 fully saturated rings. The van der Waals surface area contributed by atoms with Gasteiger partial charge in [-0.05, 0) is 24.6 Å². The standard InChI is InChI=1S/C15H14N2O3/c1-10-4-6-11(7-5-10)9-13(18)17-12-3-2-8-16-14(12)15(19)20/h2-8H,9H2,1H3,(H,17,18)(H,19,20). The average molecular weight is 270 g/mol. The van der Waals surface area contributed by atoms with Gasteiger partial charge in [-0.1, -0.05) is 29.8 Å². The molecule has 1 heterocycles. The first-order valence-electron chi connectivity index (χ1n) is 6.10. The van der Waals surface area contributed by atoms with E-state index >= 15 is 0 Å². The minimum Gasteiger partial charge on any atom is -0.476 e. The summed E-state index contributed by atoms with van der Waals surface area (Å²) in [4.78, 5) is 26.6. The first kappa shape index (κ1) is 13.7. The molecule has 5 nitrogen and oxygen atoms in total. The fourth-order valence-corrected chi connectivity index (χ4v) is 1.76. The van der Waals surface area contributed by atoms with Crippen molar-refractivity contribution in [3.63, 3.8) is 0 Å². The van der Waals surface area contributed by atoms with Gasteiger partial charge in [0.05, 0.1) is 12.1 Å². The summed E-state index contributed by atoms with van der Waals surface area (Å²) in [6.07, 6.45) is 1.56. The summed E-state index contributed by atoms with van der Waals surface area (Å²) in [5.41, 5.74) is 2.03. The number of carbonyl (C=O) groups is 2. The number of rotatable bonds is 4. The number of hydrogen-bond acceptors (Lipinski definition) is 3. The largest absolute Gasteiger partial charge is 0.476 e. The monoisotopic (exact) mass is 270 g/mol. The van der Waals surface area contributed by atoms with Gasteiger partial charge in [-0.2, -0.15) is 0 Å². The van der Waals surface area contributed by atoms with E-state index in [9.17, 15) is 9.59 Å². The number of benzene rings is 1. The molecule has 0 atom stereocenters. The van der Waals surface area contributed by atoms with Crippen LogP contribution in [-0.2, 0) is 11.2 Å². The van der Waals surface area contributed by atoms with E-state index in [1.165, 1.54) is 12.3 Å². The smallest absolute Gasteiger partial charge is 0.356 e. The predicted molar refractivity (Wildman–Crippen MR) is 74.7 cm³/mol. The molecule has 0 bridgehead atoms. The van der Waals surface area contributed by atoms with Gasteiger partial charge in [0.2, 0.25) is 5.91 Å². The van der Waals surface area contributed by atoms with E-state index < -0.39 is 5.97 Å². The van der Waals surface area contributed by atoms with Gasteiger partial charge < -0.3 is 10.4 Å². The number of aromatic nitrogens is 1. The molecule has 2 aromatic rings. The van der Waals surface area contributed by atoms with Crippen LogP contribution in [0.1, 0.15) is 21.6 Å². The summed E-state index contributed by atoms with van der Waals surface area (Å²) in [5, 5.41) is 11.6. The van der Waals surface area contributed by atoms with Gasteiger partial charge in [0.25, 0.3) is 0 Å². The summed E-state index contributed by atoms with van der Waals surface area (Å²) in [6.45, 7) is 1.97. The Morgan fingerprint density at radius 1 is 1.20 bits per heavy atom. The van der Waals surface area contributed by atoms with Crippen molar-refractivity contribution in [2.75, 3.05) is 5.32 Å². The van der Waals surface area contributed by atoms with E-state index in [0.29, 0.717) is 0 Å². The minimum atomic E-state index is -1.17. The van der Waals surface area contributed by atoms with Crippen LogP contribution in [0.3, 0.4) is 0 Å². The zero-order valence-corrected chi connectivity index (χ0v) is 11.0. The highest BCUT2D eigenvalue weighted by atomic mass is 16.4. The summed E-state index contributed by atoms with van der Waals surface area (Å²) in [5.74, 6) is -1.44. The van der Waals surface area contributed by atoms with Crippen LogP contribution in [0, 0.1) is 6.92 Å². The van der Waals surface area contributed by atoms with Crippen LogP contribution in [0.4, 0.5) is 5.69 Å². The number of nitrogens with zero attached hydrogens (tertiary/aromatic N) is 1. The van der Waals surface area contributed by atoms with Crippen molar-refractivity contribution in [1.29, 1.82) is 0 Å². The van der Waals surface area contributed by atoms with Crippen molar-refractivity contribution in [1.82, 2.24) is 4.98 Å². The second-order valence-electron chi connectivity index (χ2n) is 4.42. The molecule has 5 heteroatoms. The van der Waals surface area contributed by atoms with Crippen molar-refractivity contribution in [3.8, 4) is 0 Å². The Balaban J connectivity index is 2.08. The van der Waals surface area contributed by atoms with Crippen LogP contribution in [0.25, 0.3) is 0 Å². The lowest BCUT2D eigenvalue weighted by Crippen LogP contribution is -2.17. The Morgan fingerprint density at radius 2 is 1.90 bits per heavy atom. The lowest BCUT2D eigenvalue weighted by Gasteiger charge is -2.07. The molecule has 102 valence electrons. The number of anilines is 1. The van der Waals surface area contributed by atoms with E-state index in [-0.39, 0.29) is 23.7 Å². The molecule has 2 N–H and O–H groups in total. The fraction of sp³-hybridized carbons (Fsp3) is 0.133. The molecule has 0 saturated carbocycles. The number of hydrogen-bond donors (Lipinski definition) is 2. The fourth-order valence-electron chi connectivity index (χ4n) is 1.76. The number of aromatic carboxylic acids is 1. The molecular formula is C15H14N2O3. The normalized spacial score (nSPS) is 10.1. The Kier molecular flexibility index (Phi) is 4.10. The third-order valence-electron chi connectivity index (χ3n) is 2.77. The Hall–Kier alpha value is -2.69. The summed E-state index contributed by atoms with van der Waals surface area (Å²) in [7, 11) is 0. The summed E-state index contributed by atoms with van der Waals surface area (Å²) >= 11 is 0. The Morgan fingerprint density at radius 3 is 2.55 bits per heavy atom.